The predicted molar refractivity (Wildman–Crippen MR) is 79.7 cm³/mol. The number of nitrogens with one attached hydrogen (secondary N) is 2. The third kappa shape index (κ3) is 4.35. The highest BCUT2D eigenvalue weighted by Gasteiger charge is 2.46. The number of hydrogen-bond acceptors (Lipinski definition) is 3. The molecule has 1 heterocycles. The zero-order valence-electron chi connectivity index (χ0n) is 13.7. The normalized spacial score (nSPS) is 24.4. The average Bonchev–Trinajstić information content (AvgIpc) is 2.54. The van der Waals surface area contributed by atoms with Gasteiger partial charge in [0, 0.05) is 6.54 Å². The summed E-state index contributed by atoms with van der Waals surface area (Å²) in [5.41, 5.74) is -1.43. The second kappa shape index (κ2) is 5.90. The van der Waals surface area contributed by atoms with Gasteiger partial charge < -0.3 is 20.5 Å². The van der Waals surface area contributed by atoms with Crippen LogP contribution in [0.5, 0.6) is 0 Å². The molecule has 1 fully saturated rings. The zero-order valence-corrected chi connectivity index (χ0v) is 13.7. The standard InChI is InChI=1S/C15H30N2O3/c1-7-15(19,8-2)10-16-12(18)17-11-9-13(3,4)20-14(11,5)6/h11,19H,7-10H2,1-6H3,(H2,16,17,18). The van der Waals surface area contributed by atoms with E-state index in [1.54, 1.807) is 0 Å². The third-order valence-corrected chi connectivity index (χ3v) is 4.27. The lowest BCUT2D eigenvalue weighted by atomic mass is 9.94. The van der Waals surface area contributed by atoms with Crippen LogP contribution >= 0.6 is 0 Å². The minimum Gasteiger partial charge on any atom is -0.388 e. The first-order chi connectivity index (χ1) is 9.03. The molecule has 0 spiro atoms. The molecule has 3 N–H and O–H groups in total. The maximum atomic E-state index is 12.0. The Morgan fingerprint density at radius 3 is 2.25 bits per heavy atom. The molecule has 0 bridgehead atoms. The van der Waals surface area contributed by atoms with Crippen LogP contribution in [-0.2, 0) is 4.74 Å². The molecule has 5 nitrogen and oxygen atoms in total. The molecule has 2 amide bonds. The maximum absolute atomic E-state index is 12.0. The molecule has 20 heavy (non-hydrogen) atoms. The topological polar surface area (TPSA) is 70.6 Å². The third-order valence-electron chi connectivity index (χ3n) is 4.27. The number of hydrogen-bond donors (Lipinski definition) is 3. The summed E-state index contributed by atoms with van der Waals surface area (Å²) in [6.07, 6.45) is 2.02. The minimum absolute atomic E-state index is 0.0335. The van der Waals surface area contributed by atoms with E-state index >= 15 is 0 Å². The summed E-state index contributed by atoms with van der Waals surface area (Å²) in [4.78, 5) is 12.0. The van der Waals surface area contributed by atoms with Crippen molar-refractivity contribution >= 4 is 6.03 Å². The number of ether oxygens (including phenoxy) is 1. The van der Waals surface area contributed by atoms with Crippen LogP contribution in [0.15, 0.2) is 0 Å². The highest BCUT2D eigenvalue weighted by atomic mass is 16.5. The van der Waals surface area contributed by atoms with Crippen molar-refractivity contribution in [3.05, 3.63) is 0 Å². The molecule has 0 aromatic rings. The molecular weight excluding hydrogens is 256 g/mol. The highest BCUT2D eigenvalue weighted by Crippen LogP contribution is 2.37. The van der Waals surface area contributed by atoms with E-state index in [0.29, 0.717) is 12.8 Å². The van der Waals surface area contributed by atoms with E-state index in [-0.39, 0.29) is 29.8 Å². The number of urea groups is 1. The van der Waals surface area contributed by atoms with E-state index in [9.17, 15) is 9.90 Å². The average molecular weight is 286 g/mol. The van der Waals surface area contributed by atoms with E-state index in [1.165, 1.54) is 0 Å². The Morgan fingerprint density at radius 2 is 1.85 bits per heavy atom. The van der Waals surface area contributed by atoms with Gasteiger partial charge in [-0.1, -0.05) is 13.8 Å². The molecule has 1 saturated heterocycles. The van der Waals surface area contributed by atoms with Gasteiger partial charge in [0.25, 0.3) is 0 Å². The Morgan fingerprint density at radius 1 is 1.30 bits per heavy atom. The van der Waals surface area contributed by atoms with Crippen molar-refractivity contribution in [2.24, 2.45) is 0 Å². The summed E-state index contributed by atoms with van der Waals surface area (Å²) < 4.78 is 5.95. The first-order valence-electron chi connectivity index (χ1n) is 7.50. The Balaban J connectivity index is 2.51. The van der Waals surface area contributed by atoms with Gasteiger partial charge in [-0.05, 0) is 47.0 Å². The van der Waals surface area contributed by atoms with Crippen molar-refractivity contribution in [3.8, 4) is 0 Å². The molecule has 118 valence electrons. The number of carbonyl (C=O) groups is 1. The summed E-state index contributed by atoms with van der Waals surface area (Å²) in [6.45, 7) is 12.1. The monoisotopic (exact) mass is 286 g/mol. The minimum atomic E-state index is -0.821. The fourth-order valence-corrected chi connectivity index (χ4v) is 2.74. The molecular formula is C15H30N2O3. The first-order valence-corrected chi connectivity index (χ1v) is 7.50. The summed E-state index contributed by atoms with van der Waals surface area (Å²) >= 11 is 0. The number of carbonyl (C=O) groups excluding carboxylic acids is 1. The van der Waals surface area contributed by atoms with Crippen LogP contribution in [0.3, 0.4) is 0 Å². The SMILES string of the molecule is CCC(O)(CC)CNC(=O)NC1CC(C)(C)OC1(C)C. The van der Waals surface area contributed by atoms with E-state index in [0.717, 1.165) is 6.42 Å². The van der Waals surface area contributed by atoms with E-state index in [4.69, 9.17) is 4.74 Å². The van der Waals surface area contributed by atoms with Gasteiger partial charge in [-0.25, -0.2) is 4.79 Å². The lowest BCUT2D eigenvalue weighted by molar-refractivity contribution is -0.0691. The van der Waals surface area contributed by atoms with Crippen LogP contribution in [0.25, 0.3) is 0 Å². The predicted octanol–water partition coefficient (Wildman–Crippen LogP) is 2.18. The Hall–Kier alpha value is -0.810. The van der Waals surface area contributed by atoms with Crippen molar-refractivity contribution in [2.45, 2.75) is 83.6 Å². The van der Waals surface area contributed by atoms with Gasteiger partial charge in [0.05, 0.1) is 22.8 Å². The molecule has 0 aromatic carbocycles. The Labute approximate surface area is 122 Å². The first kappa shape index (κ1) is 17.2. The van der Waals surface area contributed by atoms with Crippen molar-refractivity contribution in [2.75, 3.05) is 6.54 Å². The van der Waals surface area contributed by atoms with Crippen LogP contribution in [0.1, 0.15) is 60.8 Å². The fourth-order valence-electron chi connectivity index (χ4n) is 2.74. The van der Waals surface area contributed by atoms with Crippen LogP contribution in [0.2, 0.25) is 0 Å². The quantitative estimate of drug-likeness (QED) is 0.725. The molecule has 1 atom stereocenters. The number of amides is 2. The van der Waals surface area contributed by atoms with Gasteiger partial charge in [-0.15, -0.1) is 0 Å². The smallest absolute Gasteiger partial charge is 0.315 e. The van der Waals surface area contributed by atoms with Crippen molar-refractivity contribution < 1.29 is 14.6 Å². The summed E-state index contributed by atoms with van der Waals surface area (Å²) in [7, 11) is 0. The molecule has 0 aromatic heterocycles. The second-order valence-electron chi connectivity index (χ2n) is 6.98. The lowest BCUT2D eigenvalue weighted by Gasteiger charge is -2.29. The van der Waals surface area contributed by atoms with E-state index in [1.807, 2.05) is 41.5 Å². The molecule has 1 unspecified atom stereocenters. The molecule has 0 radical (unpaired) electrons. The van der Waals surface area contributed by atoms with Crippen LogP contribution in [0, 0.1) is 0 Å². The van der Waals surface area contributed by atoms with Crippen molar-refractivity contribution in [1.82, 2.24) is 10.6 Å². The molecule has 5 heteroatoms. The van der Waals surface area contributed by atoms with Crippen LogP contribution in [0.4, 0.5) is 4.79 Å². The van der Waals surface area contributed by atoms with Crippen molar-refractivity contribution in [1.29, 1.82) is 0 Å². The van der Waals surface area contributed by atoms with Crippen LogP contribution in [-0.4, -0.2) is 40.5 Å². The van der Waals surface area contributed by atoms with Gasteiger partial charge in [-0.2, -0.15) is 0 Å². The van der Waals surface area contributed by atoms with E-state index < -0.39 is 5.60 Å². The zero-order chi connectivity index (χ0) is 15.6. The molecule has 1 aliphatic heterocycles. The van der Waals surface area contributed by atoms with Gasteiger partial charge >= 0.3 is 6.03 Å². The number of rotatable bonds is 5. The van der Waals surface area contributed by atoms with Gasteiger partial charge in [0.15, 0.2) is 0 Å². The summed E-state index contributed by atoms with van der Waals surface area (Å²) in [5, 5.41) is 15.9. The highest BCUT2D eigenvalue weighted by molar-refractivity contribution is 5.74. The fraction of sp³-hybridized carbons (Fsp3) is 0.933. The van der Waals surface area contributed by atoms with Gasteiger partial charge in [0.1, 0.15) is 0 Å². The molecule has 0 saturated carbocycles. The lowest BCUT2D eigenvalue weighted by Crippen LogP contribution is -2.52. The van der Waals surface area contributed by atoms with Crippen LogP contribution < -0.4 is 10.6 Å². The van der Waals surface area contributed by atoms with Gasteiger partial charge in [0.2, 0.25) is 0 Å². The Bertz CT molecular complexity index is 349. The van der Waals surface area contributed by atoms with Crippen molar-refractivity contribution in [3.63, 3.8) is 0 Å². The summed E-state index contributed by atoms with van der Waals surface area (Å²) in [5.74, 6) is 0. The van der Waals surface area contributed by atoms with Gasteiger partial charge in [-0.3, -0.25) is 0 Å². The second-order valence-corrected chi connectivity index (χ2v) is 6.98. The maximum Gasteiger partial charge on any atom is 0.315 e. The largest absolute Gasteiger partial charge is 0.388 e. The summed E-state index contributed by atoms with van der Waals surface area (Å²) in [6, 6.07) is -0.279. The molecule has 1 rings (SSSR count). The molecule has 1 aliphatic rings. The molecule has 0 aliphatic carbocycles. The Kier molecular flexibility index (Phi) is 5.08. The van der Waals surface area contributed by atoms with E-state index in [2.05, 4.69) is 10.6 Å². The number of aliphatic hydroxyl groups is 1.